The quantitative estimate of drug-likeness (QED) is 0.410. The third kappa shape index (κ3) is 4.99. The topological polar surface area (TPSA) is 93.5 Å². The molecule has 0 heterocycles. The van der Waals surface area contributed by atoms with Gasteiger partial charge in [-0.15, -0.1) is 0 Å². The number of nitrogens with two attached hydrogens (primary N) is 2. The van der Waals surface area contributed by atoms with Gasteiger partial charge in [0, 0.05) is 12.1 Å². The largest absolute Gasteiger partial charge is 0.370 e. The molecule has 0 atom stereocenters. The van der Waals surface area contributed by atoms with E-state index in [0.29, 0.717) is 18.7 Å². The molecule has 0 spiro atoms. The van der Waals surface area contributed by atoms with Crippen molar-refractivity contribution in [2.75, 3.05) is 6.54 Å². The van der Waals surface area contributed by atoms with E-state index < -0.39 is 0 Å². The van der Waals surface area contributed by atoms with Crippen LogP contribution in [0.3, 0.4) is 0 Å². The summed E-state index contributed by atoms with van der Waals surface area (Å²) in [4.78, 5) is 15.8. The monoisotopic (exact) mass is 262 g/mol. The normalized spacial score (nSPS) is 10.0. The number of unbranched alkanes of at least 4 members (excludes halogenated alkanes) is 1. The fourth-order valence-corrected chi connectivity index (χ4v) is 1.67. The van der Waals surface area contributed by atoms with Crippen LogP contribution in [0.1, 0.15) is 41.3 Å². The molecule has 0 bridgehead atoms. The Labute approximate surface area is 114 Å². The van der Waals surface area contributed by atoms with Crippen LogP contribution in [0.15, 0.2) is 23.2 Å². The fraction of sp³-hybridized carbons (Fsp3) is 0.429. The van der Waals surface area contributed by atoms with Crippen molar-refractivity contribution in [2.24, 2.45) is 16.5 Å². The molecule has 19 heavy (non-hydrogen) atoms. The van der Waals surface area contributed by atoms with Gasteiger partial charge in [0.2, 0.25) is 0 Å². The van der Waals surface area contributed by atoms with Crippen LogP contribution < -0.4 is 16.8 Å². The molecule has 0 saturated heterocycles. The van der Waals surface area contributed by atoms with E-state index in [9.17, 15) is 4.79 Å². The summed E-state index contributed by atoms with van der Waals surface area (Å²) in [5.74, 6) is 0.0331. The highest BCUT2D eigenvalue weighted by Crippen LogP contribution is 2.12. The number of carbonyl (C=O) groups excluding carboxylic acids is 1. The van der Waals surface area contributed by atoms with Crippen molar-refractivity contribution in [1.29, 1.82) is 0 Å². The SMILES string of the molecule is CCCCNC(=O)c1ccc(CN=C(N)N)c(C)c1. The molecule has 5 N–H and O–H groups in total. The standard InChI is InChI=1S/C14H22N4O/c1-3-4-7-17-13(19)11-5-6-12(10(2)8-11)9-18-14(15)16/h5-6,8H,3-4,7,9H2,1-2H3,(H,17,19)(H4,15,16,18). The van der Waals surface area contributed by atoms with Crippen molar-refractivity contribution in [3.05, 3.63) is 34.9 Å². The molecule has 0 radical (unpaired) electrons. The van der Waals surface area contributed by atoms with E-state index in [0.717, 1.165) is 24.0 Å². The number of guanidine groups is 1. The summed E-state index contributed by atoms with van der Waals surface area (Å²) in [7, 11) is 0. The Balaban J connectivity index is 2.70. The summed E-state index contributed by atoms with van der Waals surface area (Å²) in [5.41, 5.74) is 13.3. The van der Waals surface area contributed by atoms with E-state index in [2.05, 4.69) is 17.2 Å². The molecule has 0 aromatic heterocycles. The maximum atomic E-state index is 11.9. The lowest BCUT2D eigenvalue weighted by Crippen LogP contribution is -2.24. The second kappa shape index (κ2) is 7.41. The van der Waals surface area contributed by atoms with Crippen molar-refractivity contribution in [2.45, 2.75) is 33.2 Å². The number of hydrogen-bond acceptors (Lipinski definition) is 2. The number of aliphatic imine (C=N–C) groups is 1. The highest BCUT2D eigenvalue weighted by Gasteiger charge is 2.06. The summed E-state index contributed by atoms with van der Waals surface area (Å²) in [6.07, 6.45) is 2.06. The minimum absolute atomic E-state index is 0.0371. The smallest absolute Gasteiger partial charge is 0.251 e. The molecular weight excluding hydrogens is 240 g/mol. The number of benzene rings is 1. The lowest BCUT2D eigenvalue weighted by Gasteiger charge is -2.08. The van der Waals surface area contributed by atoms with Crippen LogP contribution in [0.25, 0.3) is 0 Å². The Bertz CT molecular complexity index is 465. The molecule has 1 aromatic carbocycles. The molecule has 0 aliphatic rings. The Morgan fingerprint density at radius 1 is 1.37 bits per heavy atom. The molecule has 1 rings (SSSR count). The van der Waals surface area contributed by atoms with E-state index >= 15 is 0 Å². The van der Waals surface area contributed by atoms with Gasteiger partial charge in [-0.1, -0.05) is 19.4 Å². The van der Waals surface area contributed by atoms with Gasteiger partial charge < -0.3 is 16.8 Å². The minimum Gasteiger partial charge on any atom is -0.370 e. The number of aryl methyl sites for hydroxylation is 1. The summed E-state index contributed by atoms with van der Waals surface area (Å²) < 4.78 is 0. The van der Waals surface area contributed by atoms with Crippen LogP contribution >= 0.6 is 0 Å². The predicted molar refractivity (Wildman–Crippen MR) is 77.9 cm³/mol. The van der Waals surface area contributed by atoms with E-state index in [4.69, 9.17) is 11.5 Å². The first-order valence-electron chi connectivity index (χ1n) is 6.47. The Hall–Kier alpha value is -2.04. The van der Waals surface area contributed by atoms with Crippen molar-refractivity contribution >= 4 is 11.9 Å². The van der Waals surface area contributed by atoms with Crippen LogP contribution in [0.5, 0.6) is 0 Å². The molecule has 0 unspecified atom stereocenters. The fourth-order valence-electron chi connectivity index (χ4n) is 1.67. The molecule has 1 aromatic rings. The van der Waals surface area contributed by atoms with Gasteiger partial charge in [0.1, 0.15) is 0 Å². The first-order valence-corrected chi connectivity index (χ1v) is 6.47. The van der Waals surface area contributed by atoms with E-state index in [1.54, 1.807) is 6.07 Å². The Kier molecular flexibility index (Phi) is 5.85. The van der Waals surface area contributed by atoms with Gasteiger partial charge in [-0.2, -0.15) is 0 Å². The maximum Gasteiger partial charge on any atom is 0.251 e. The van der Waals surface area contributed by atoms with Gasteiger partial charge in [-0.25, -0.2) is 4.99 Å². The number of rotatable bonds is 6. The molecule has 0 fully saturated rings. The third-order valence-corrected chi connectivity index (χ3v) is 2.85. The first kappa shape index (κ1) is 15.0. The lowest BCUT2D eigenvalue weighted by molar-refractivity contribution is 0.0953. The number of hydrogen-bond donors (Lipinski definition) is 3. The zero-order valence-electron chi connectivity index (χ0n) is 11.6. The molecule has 1 amide bonds. The molecule has 0 aliphatic carbocycles. The lowest BCUT2D eigenvalue weighted by atomic mass is 10.0. The van der Waals surface area contributed by atoms with Gasteiger partial charge in [0.25, 0.3) is 5.91 Å². The molecule has 104 valence electrons. The maximum absolute atomic E-state index is 11.9. The average molecular weight is 262 g/mol. The molecule has 5 heteroatoms. The number of nitrogens with zero attached hydrogens (tertiary/aromatic N) is 1. The second-order valence-electron chi connectivity index (χ2n) is 4.49. The summed E-state index contributed by atoms with van der Waals surface area (Å²) >= 11 is 0. The molecule has 0 aliphatic heterocycles. The number of amides is 1. The minimum atomic E-state index is -0.0371. The van der Waals surface area contributed by atoms with Crippen LogP contribution in [-0.4, -0.2) is 18.4 Å². The zero-order valence-corrected chi connectivity index (χ0v) is 11.6. The molecular formula is C14H22N4O. The summed E-state index contributed by atoms with van der Waals surface area (Å²) in [6, 6.07) is 5.54. The van der Waals surface area contributed by atoms with Crippen molar-refractivity contribution in [3.63, 3.8) is 0 Å². The average Bonchev–Trinajstić information content (AvgIpc) is 2.37. The van der Waals surface area contributed by atoms with Gasteiger partial charge in [0.15, 0.2) is 5.96 Å². The molecule has 5 nitrogen and oxygen atoms in total. The van der Waals surface area contributed by atoms with Crippen LogP contribution in [0.2, 0.25) is 0 Å². The highest BCUT2D eigenvalue weighted by atomic mass is 16.1. The third-order valence-electron chi connectivity index (χ3n) is 2.85. The zero-order chi connectivity index (χ0) is 14.3. The summed E-state index contributed by atoms with van der Waals surface area (Å²) in [6.45, 7) is 5.19. The van der Waals surface area contributed by atoms with Crippen LogP contribution in [-0.2, 0) is 6.54 Å². The second-order valence-corrected chi connectivity index (χ2v) is 4.49. The summed E-state index contributed by atoms with van der Waals surface area (Å²) in [5, 5.41) is 2.89. The van der Waals surface area contributed by atoms with Crippen LogP contribution in [0, 0.1) is 6.92 Å². The Morgan fingerprint density at radius 3 is 2.68 bits per heavy atom. The predicted octanol–water partition coefficient (Wildman–Crippen LogP) is 1.30. The van der Waals surface area contributed by atoms with E-state index in [1.165, 1.54) is 0 Å². The van der Waals surface area contributed by atoms with Crippen molar-refractivity contribution in [1.82, 2.24) is 5.32 Å². The van der Waals surface area contributed by atoms with Crippen LogP contribution in [0.4, 0.5) is 0 Å². The number of carbonyl (C=O) groups is 1. The van der Waals surface area contributed by atoms with E-state index in [-0.39, 0.29) is 11.9 Å². The number of nitrogens with one attached hydrogen (secondary N) is 1. The van der Waals surface area contributed by atoms with Crippen molar-refractivity contribution < 1.29 is 4.79 Å². The van der Waals surface area contributed by atoms with Gasteiger partial charge in [0.05, 0.1) is 6.54 Å². The highest BCUT2D eigenvalue weighted by molar-refractivity contribution is 5.94. The Morgan fingerprint density at radius 2 is 2.11 bits per heavy atom. The van der Waals surface area contributed by atoms with Gasteiger partial charge in [-0.05, 0) is 36.6 Å². The van der Waals surface area contributed by atoms with Crippen molar-refractivity contribution in [3.8, 4) is 0 Å². The molecule has 0 saturated carbocycles. The van der Waals surface area contributed by atoms with Gasteiger partial charge >= 0.3 is 0 Å². The van der Waals surface area contributed by atoms with E-state index in [1.807, 2.05) is 19.1 Å². The first-order chi connectivity index (χ1) is 9.04. The van der Waals surface area contributed by atoms with Gasteiger partial charge in [-0.3, -0.25) is 4.79 Å².